The summed E-state index contributed by atoms with van der Waals surface area (Å²) in [5.41, 5.74) is 1.87. The van der Waals surface area contributed by atoms with Gasteiger partial charge in [-0.2, -0.15) is 0 Å². The molecule has 11 heteroatoms. The standard InChI is InChI=1S/C28H27ClN6O4/c29-23-9-20(4-5-26(23)39-15-21-3-1-2-6-31-21)34-28-22-10-25(35(36)37)27(11-24(22)32-16-33-28)38-14-17-7-18-12-30-13-19(18)8-17/h1-6,9-11,16-19,30H,7-8,12-15H2,(H,32,33,34)/t17?,18-,19+. The van der Waals surface area contributed by atoms with Crippen molar-refractivity contribution in [2.75, 3.05) is 25.0 Å². The highest BCUT2D eigenvalue weighted by molar-refractivity contribution is 6.32. The van der Waals surface area contributed by atoms with E-state index in [1.807, 2.05) is 18.2 Å². The molecule has 3 heterocycles. The Morgan fingerprint density at radius 3 is 2.62 bits per heavy atom. The molecule has 1 aliphatic carbocycles. The summed E-state index contributed by atoms with van der Waals surface area (Å²) >= 11 is 6.46. The van der Waals surface area contributed by atoms with Crippen LogP contribution in [0.3, 0.4) is 0 Å². The summed E-state index contributed by atoms with van der Waals surface area (Å²) in [7, 11) is 0. The highest BCUT2D eigenvalue weighted by Gasteiger charge is 2.37. The lowest BCUT2D eigenvalue weighted by atomic mass is 10.0. The van der Waals surface area contributed by atoms with Crippen LogP contribution in [0.2, 0.25) is 5.02 Å². The Morgan fingerprint density at radius 2 is 1.87 bits per heavy atom. The van der Waals surface area contributed by atoms with E-state index in [1.165, 1.54) is 12.4 Å². The van der Waals surface area contributed by atoms with Gasteiger partial charge in [0, 0.05) is 24.0 Å². The topological polar surface area (TPSA) is 124 Å². The van der Waals surface area contributed by atoms with Crippen molar-refractivity contribution in [2.24, 2.45) is 17.8 Å². The summed E-state index contributed by atoms with van der Waals surface area (Å²) in [4.78, 5) is 24.4. The molecule has 0 radical (unpaired) electrons. The number of nitrogens with one attached hydrogen (secondary N) is 2. The zero-order valence-corrected chi connectivity index (χ0v) is 21.8. The minimum Gasteiger partial charge on any atom is -0.486 e. The van der Waals surface area contributed by atoms with Crippen molar-refractivity contribution < 1.29 is 14.4 Å². The van der Waals surface area contributed by atoms with Crippen molar-refractivity contribution in [2.45, 2.75) is 19.4 Å². The number of nitrogens with zero attached hydrogens (tertiary/aromatic N) is 4. The number of anilines is 2. The van der Waals surface area contributed by atoms with Gasteiger partial charge in [0.25, 0.3) is 0 Å². The van der Waals surface area contributed by atoms with Crippen LogP contribution in [0.5, 0.6) is 11.5 Å². The van der Waals surface area contributed by atoms with Gasteiger partial charge in [-0.25, -0.2) is 9.97 Å². The number of nitro groups is 1. The van der Waals surface area contributed by atoms with Crippen LogP contribution in [-0.4, -0.2) is 39.6 Å². The van der Waals surface area contributed by atoms with E-state index in [0.717, 1.165) is 31.6 Å². The number of pyridine rings is 1. The second kappa shape index (κ2) is 11.0. The second-order valence-corrected chi connectivity index (χ2v) is 10.4. The van der Waals surface area contributed by atoms with Gasteiger partial charge in [0.15, 0.2) is 5.75 Å². The maximum Gasteiger partial charge on any atom is 0.311 e. The molecule has 2 aliphatic rings. The Balaban J connectivity index is 1.19. The molecule has 0 spiro atoms. The van der Waals surface area contributed by atoms with Crippen LogP contribution in [0.25, 0.3) is 10.9 Å². The van der Waals surface area contributed by atoms with E-state index in [0.29, 0.717) is 57.5 Å². The SMILES string of the molecule is O=[N+]([O-])c1cc2c(Nc3ccc(OCc4ccccn4)c(Cl)c3)ncnc2cc1OCC1C[C@H]2CNC[C@H]2C1. The van der Waals surface area contributed by atoms with Gasteiger partial charge in [-0.1, -0.05) is 17.7 Å². The molecule has 4 aromatic rings. The number of fused-ring (bicyclic) bond motifs is 2. The predicted octanol–water partition coefficient (Wildman–Crippen LogP) is 5.53. The lowest BCUT2D eigenvalue weighted by molar-refractivity contribution is -0.385. The molecule has 10 nitrogen and oxygen atoms in total. The normalized spacial score (nSPS) is 20.1. The van der Waals surface area contributed by atoms with E-state index in [1.54, 1.807) is 30.5 Å². The van der Waals surface area contributed by atoms with E-state index in [-0.39, 0.29) is 18.0 Å². The average molecular weight is 547 g/mol. The molecule has 1 saturated heterocycles. The van der Waals surface area contributed by atoms with Gasteiger partial charge in [-0.15, -0.1) is 0 Å². The van der Waals surface area contributed by atoms with Crippen LogP contribution in [-0.2, 0) is 6.61 Å². The second-order valence-electron chi connectivity index (χ2n) is 10.0. The molecule has 2 fully saturated rings. The van der Waals surface area contributed by atoms with Crippen LogP contribution >= 0.6 is 11.6 Å². The van der Waals surface area contributed by atoms with Gasteiger partial charge in [0.05, 0.1) is 33.1 Å². The molecule has 0 amide bonds. The lowest BCUT2D eigenvalue weighted by Gasteiger charge is -2.15. The summed E-state index contributed by atoms with van der Waals surface area (Å²) in [6, 6.07) is 14.0. The van der Waals surface area contributed by atoms with Gasteiger partial charge in [-0.05, 0) is 74.0 Å². The Kier molecular flexibility index (Phi) is 7.12. The smallest absolute Gasteiger partial charge is 0.311 e. The van der Waals surface area contributed by atoms with Crippen molar-refractivity contribution >= 4 is 39.7 Å². The summed E-state index contributed by atoms with van der Waals surface area (Å²) in [6.45, 7) is 2.85. The summed E-state index contributed by atoms with van der Waals surface area (Å²) in [6.07, 6.45) is 5.30. The van der Waals surface area contributed by atoms with E-state index in [9.17, 15) is 10.1 Å². The molecular weight excluding hydrogens is 520 g/mol. The first-order valence-electron chi connectivity index (χ1n) is 12.9. The lowest BCUT2D eigenvalue weighted by Crippen LogP contribution is -2.16. The highest BCUT2D eigenvalue weighted by atomic mass is 35.5. The van der Waals surface area contributed by atoms with Crippen LogP contribution in [0.4, 0.5) is 17.2 Å². The molecule has 2 aromatic heterocycles. The third-order valence-corrected chi connectivity index (χ3v) is 7.73. The fourth-order valence-corrected chi connectivity index (χ4v) is 5.77. The number of halogens is 1. The van der Waals surface area contributed by atoms with Crippen molar-refractivity contribution in [3.8, 4) is 11.5 Å². The van der Waals surface area contributed by atoms with Gasteiger partial charge < -0.3 is 20.1 Å². The molecule has 2 aromatic carbocycles. The van der Waals surface area contributed by atoms with Crippen LogP contribution in [0, 0.1) is 27.9 Å². The number of nitro benzene ring substituents is 1. The fourth-order valence-electron chi connectivity index (χ4n) is 5.53. The van der Waals surface area contributed by atoms with Gasteiger partial charge in [0.2, 0.25) is 0 Å². The summed E-state index contributed by atoms with van der Waals surface area (Å²) in [5.74, 6) is 2.93. The van der Waals surface area contributed by atoms with E-state index in [2.05, 4.69) is 25.6 Å². The quantitative estimate of drug-likeness (QED) is 0.206. The number of aromatic nitrogens is 3. The monoisotopic (exact) mass is 546 g/mol. The first-order valence-corrected chi connectivity index (χ1v) is 13.3. The van der Waals surface area contributed by atoms with E-state index in [4.69, 9.17) is 21.1 Å². The third-order valence-electron chi connectivity index (χ3n) is 7.44. The zero-order chi connectivity index (χ0) is 26.8. The Labute approximate surface area is 229 Å². The molecule has 200 valence electrons. The van der Waals surface area contributed by atoms with Crippen LogP contribution < -0.4 is 20.1 Å². The first kappa shape index (κ1) is 25.3. The molecule has 3 atom stereocenters. The Morgan fingerprint density at radius 1 is 1.03 bits per heavy atom. The van der Waals surface area contributed by atoms with Gasteiger partial charge in [0.1, 0.15) is 24.5 Å². The summed E-state index contributed by atoms with van der Waals surface area (Å²) in [5, 5.41) is 19.5. The number of hydrogen-bond acceptors (Lipinski definition) is 9. The van der Waals surface area contributed by atoms with Crippen molar-refractivity contribution in [3.05, 3.63) is 81.9 Å². The number of hydrogen-bond donors (Lipinski definition) is 2. The van der Waals surface area contributed by atoms with E-state index < -0.39 is 4.92 Å². The van der Waals surface area contributed by atoms with Crippen molar-refractivity contribution in [3.63, 3.8) is 0 Å². The van der Waals surface area contributed by atoms with Crippen molar-refractivity contribution in [1.29, 1.82) is 0 Å². The largest absolute Gasteiger partial charge is 0.486 e. The summed E-state index contributed by atoms with van der Waals surface area (Å²) < 4.78 is 11.8. The fraction of sp³-hybridized carbons (Fsp3) is 0.321. The van der Waals surface area contributed by atoms with Crippen molar-refractivity contribution in [1.82, 2.24) is 20.3 Å². The predicted molar refractivity (Wildman–Crippen MR) is 148 cm³/mol. The molecule has 0 bridgehead atoms. The maximum absolute atomic E-state index is 12.0. The Bertz CT molecular complexity index is 1490. The van der Waals surface area contributed by atoms with Crippen LogP contribution in [0.15, 0.2) is 61.1 Å². The molecule has 2 N–H and O–H groups in total. The molecule has 1 aliphatic heterocycles. The minimum absolute atomic E-state index is 0.114. The maximum atomic E-state index is 12.0. The molecule has 6 rings (SSSR count). The minimum atomic E-state index is -0.427. The molecular formula is C28H27ClN6O4. The molecule has 39 heavy (non-hydrogen) atoms. The average Bonchev–Trinajstić information content (AvgIpc) is 3.54. The van der Waals surface area contributed by atoms with Gasteiger partial charge >= 0.3 is 5.69 Å². The van der Waals surface area contributed by atoms with Crippen LogP contribution in [0.1, 0.15) is 18.5 Å². The Hall–Kier alpha value is -4.02. The number of benzene rings is 2. The van der Waals surface area contributed by atoms with E-state index >= 15 is 0 Å². The molecule has 1 unspecified atom stereocenters. The highest BCUT2D eigenvalue weighted by Crippen LogP contribution is 2.40. The number of ether oxygens (including phenoxy) is 2. The third kappa shape index (κ3) is 5.57. The molecule has 1 saturated carbocycles. The van der Waals surface area contributed by atoms with Gasteiger partial charge in [-0.3, -0.25) is 15.1 Å². The first-order chi connectivity index (χ1) is 19.0. The number of rotatable bonds is 9. The zero-order valence-electron chi connectivity index (χ0n) is 21.0.